The van der Waals surface area contributed by atoms with Crippen molar-refractivity contribution in [3.63, 3.8) is 0 Å². The Labute approximate surface area is 105 Å². The number of hydrogen-bond acceptors (Lipinski definition) is 4. The first-order valence-electron chi connectivity index (χ1n) is 4.66. The number of rotatable bonds is 2. The number of amides is 1. The van der Waals surface area contributed by atoms with Gasteiger partial charge in [0.1, 0.15) is 5.65 Å². The Balaban J connectivity index is 3.07. The molecule has 90 valence electrons. The van der Waals surface area contributed by atoms with Gasteiger partial charge < -0.3 is 15.7 Å². The third-order valence-corrected chi connectivity index (χ3v) is 3.56. The molecular weight excluding hydrogens is 260 g/mol. The van der Waals surface area contributed by atoms with Crippen molar-refractivity contribution in [2.75, 3.05) is 6.26 Å². The Hall–Kier alpha value is -1.54. The quantitative estimate of drug-likeness (QED) is 0.554. The summed E-state index contributed by atoms with van der Waals surface area (Å²) >= 11 is 6.30. The van der Waals surface area contributed by atoms with Gasteiger partial charge >= 0.3 is 0 Å². The molecule has 0 aliphatic rings. The molecule has 6 nitrogen and oxygen atoms in total. The van der Waals surface area contributed by atoms with Crippen LogP contribution in [0.1, 0.15) is 10.4 Å². The van der Waals surface area contributed by atoms with E-state index in [1.54, 1.807) is 6.26 Å². The summed E-state index contributed by atoms with van der Waals surface area (Å²) in [6.45, 7) is 0. The average molecular weight is 270 g/mol. The maximum atomic E-state index is 12.0. The van der Waals surface area contributed by atoms with Crippen molar-refractivity contribution in [1.29, 1.82) is 0 Å². The minimum atomic E-state index is -0.636. The standard InChI is InChI=1S/C9H10N4O2S2/c1-13-8(15)4-3(5(10)14)7(17-2)11-6(4)12-9(13)16/h11H,1-2H3,(H2,10,14)(H,12,16). The summed E-state index contributed by atoms with van der Waals surface area (Å²) in [5.74, 6) is -0.636. The van der Waals surface area contributed by atoms with Crippen molar-refractivity contribution < 1.29 is 4.79 Å². The third-order valence-electron chi connectivity index (χ3n) is 2.47. The van der Waals surface area contributed by atoms with E-state index in [0.717, 1.165) is 0 Å². The third kappa shape index (κ3) is 1.69. The molecule has 1 amide bonds. The Morgan fingerprint density at radius 2 is 2.12 bits per heavy atom. The van der Waals surface area contributed by atoms with Crippen LogP contribution in [-0.2, 0) is 7.05 Å². The van der Waals surface area contributed by atoms with Crippen LogP contribution in [0.4, 0.5) is 0 Å². The normalized spacial score (nSPS) is 10.9. The maximum Gasteiger partial charge on any atom is 0.264 e. The van der Waals surface area contributed by atoms with Crippen LogP contribution in [0.5, 0.6) is 0 Å². The summed E-state index contributed by atoms with van der Waals surface area (Å²) in [5.41, 5.74) is 5.59. The highest BCUT2D eigenvalue weighted by molar-refractivity contribution is 7.98. The summed E-state index contributed by atoms with van der Waals surface area (Å²) < 4.78 is 1.55. The van der Waals surface area contributed by atoms with Gasteiger partial charge in [0.05, 0.1) is 16.0 Å². The second-order valence-electron chi connectivity index (χ2n) is 3.44. The van der Waals surface area contributed by atoms with Gasteiger partial charge in [-0.15, -0.1) is 11.8 Å². The molecule has 2 aromatic heterocycles. The Morgan fingerprint density at radius 1 is 1.47 bits per heavy atom. The summed E-state index contributed by atoms with van der Waals surface area (Å²) in [6.07, 6.45) is 1.79. The number of fused-ring (bicyclic) bond motifs is 1. The van der Waals surface area contributed by atoms with Crippen LogP contribution < -0.4 is 11.3 Å². The Kier molecular flexibility index (Phi) is 2.84. The molecule has 0 radical (unpaired) electrons. The predicted molar refractivity (Wildman–Crippen MR) is 69.0 cm³/mol. The van der Waals surface area contributed by atoms with Crippen molar-refractivity contribution in [3.8, 4) is 0 Å². The van der Waals surface area contributed by atoms with Gasteiger partial charge in [0, 0.05) is 7.05 Å². The molecule has 8 heteroatoms. The molecule has 0 aliphatic heterocycles. The molecular formula is C9H10N4O2S2. The van der Waals surface area contributed by atoms with E-state index in [0.29, 0.717) is 10.7 Å². The number of nitrogens with one attached hydrogen (secondary N) is 2. The summed E-state index contributed by atoms with van der Waals surface area (Å²) in [7, 11) is 1.54. The molecule has 0 saturated heterocycles. The zero-order valence-electron chi connectivity index (χ0n) is 9.16. The van der Waals surface area contributed by atoms with Crippen LogP contribution in [0.25, 0.3) is 11.0 Å². The van der Waals surface area contributed by atoms with E-state index < -0.39 is 5.91 Å². The topological polar surface area (TPSA) is 96.7 Å². The van der Waals surface area contributed by atoms with E-state index in [1.165, 1.54) is 23.4 Å². The van der Waals surface area contributed by atoms with E-state index >= 15 is 0 Å². The van der Waals surface area contributed by atoms with Gasteiger partial charge in [-0.3, -0.25) is 14.2 Å². The number of H-pyrrole nitrogens is 2. The molecule has 2 heterocycles. The highest BCUT2D eigenvalue weighted by Crippen LogP contribution is 2.24. The van der Waals surface area contributed by atoms with Gasteiger partial charge in [-0.2, -0.15) is 0 Å². The predicted octanol–water partition coefficient (Wildman–Crippen LogP) is 0.745. The number of nitrogens with zero attached hydrogens (tertiary/aromatic N) is 1. The van der Waals surface area contributed by atoms with E-state index in [1.807, 2.05) is 0 Å². The zero-order chi connectivity index (χ0) is 12.7. The number of aromatic amines is 2. The average Bonchev–Trinajstić information content (AvgIpc) is 2.64. The largest absolute Gasteiger partial charge is 0.365 e. The maximum absolute atomic E-state index is 12.0. The first-order chi connectivity index (χ1) is 7.97. The molecule has 0 saturated carbocycles. The number of carbonyl (C=O) groups is 1. The van der Waals surface area contributed by atoms with Crippen molar-refractivity contribution in [2.24, 2.45) is 12.8 Å². The first-order valence-corrected chi connectivity index (χ1v) is 6.29. The molecule has 0 aliphatic carbocycles. The molecule has 0 aromatic carbocycles. The first kappa shape index (κ1) is 11.9. The fraction of sp³-hybridized carbons (Fsp3) is 0.222. The minimum Gasteiger partial charge on any atom is -0.365 e. The van der Waals surface area contributed by atoms with Crippen molar-refractivity contribution in [2.45, 2.75) is 5.03 Å². The fourth-order valence-electron chi connectivity index (χ4n) is 1.62. The Bertz CT molecular complexity index is 725. The molecule has 0 fully saturated rings. The van der Waals surface area contributed by atoms with Gasteiger partial charge in [-0.05, 0) is 18.5 Å². The monoisotopic (exact) mass is 270 g/mol. The van der Waals surface area contributed by atoms with Gasteiger partial charge in [0.25, 0.3) is 11.5 Å². The number of hydrogen-bond donors (Lipinski definition) is 3. The number of thioether (sulfide) groups is 1. The molecule has 2 aromatic rings. The van der Waals surface area contributed by atoms with Crippen molar-refractivity contribution in [1.82, 2.24) is 14.5 Å². The molecule has 2 rings (SSSR count). The summed E-state index contributed by atoms with van der Waals surface area (Å²) in [5, 5.41) is 0.805. The summed E-state index contributed by atoms with van der Waals surface area (Å²) in [4.78, 5) is 29.2. The van der Waals surface area contributed by atoms with Gasteiger partial charge in [-0.1, -0.05) is 0 Å². The number of carbonyl (C=O) groups excluding carboxylic acids is 1. The fourth-order valence-corrected chi connectivity index (χ4v) is 2.42. The lowest BCUT2D eigenvalue weighted by Crippen LogP contribution is -2.21. The molecule has 17 heavy (non-hydrogen) atoms. The highest BCUT2D eigenvalue weighted by Gasteiger charge is 2.19. The minimum absolute atomic E-state index is 0.208. The van der Waals surface area contributed by atoms with Crippen LogP contribution in [0.2, 0.25) is 0 Å². The number of primary amides is 1. The van der Waals surface area contributed by atoms with E-state index in [4.69, 9.17) is 18.0 Å². The van der Waals surface area contributed by atoms with Crippen LogP contribution in [-0.4, -0.2) is 26.7 Å². The van der Waals surface area contributed by atoms with E-state index in [-0.39, 0.29) is 21.3 Å². The lowest BCUT2D eigenvalue weighted by molar-refractivity contribution is 0.0999. The zero-order valence-corrected chi connectivity index (χ0v) is 10.8. The molecule has 0 bridgehead atoms. The second-order valence-corrected chi connectivity index (χ2v) is 4.65. The van der Waals surface area contributed by atoms with Crippen LogP contribution >= 0.6 is 24.0 Å². The Morgan fingerprint density at radius 3 is 2.65 bits per heavy atom. The lowest BCUT2D eigenvalue weighted by atomic mass is 10.2. The van der Waals surface area contributed by atoms with Gasteiger partial charge in [-0.25, -0.2) is 0 Å². The van der Waals surface area contributed by atoms with Gasteiger partial charge in [0.2, 0.25) is 0 Å². The van der Waals surface area contributed by atoms with E-state index in [9.17, 15) is 9.59 Å². The smallest absolute Gasteiger partial charge is 0.264 e. The lowest BCUT2D eigenvalue weighted by Gasteiger charge is -1.99. The van der Waals surface area contributed by atoms with Gasteiger partial charge in [0.15, 0.2) is 4.77 Å². The second kappa shape index (κ2) is 4.04. The van der Waals surface area contributed by atoms with Crippen molar-refractivity contribution in [3.05, 3.63) is 20.7 Å². The van der Waals surface area contributed by atoms with Crippen LogP contribution in [0.3, 0.4) is 0 Å². The summed E-state index contributed by atoms with van der Waals surface area (Å²) in [6, 6.07) is 0. The number of nitrogens with two attached hydrogens (primary N) is 1. The van der Waals surface area contributed by atoms with Crippen LogP contribution in [0.15, 0.2) is 9.82 Å². The molecule has 0 unspecified atom stereocenters. The van der Waals surface area contributed by atoms with Crippen LogP contribution in [0, 0.1) is 4.77 Å². The highest BCUT2D eigenvalue weighted by atomic mass is 32.2. The number of aromatic nitrogens is 3. The van der Waals surface area contributed by atoms with E-state index in [2.05, 4.69) is 9.97 Å². The molecule has 4 N–H and O–H groups in total. The molecule has 0 spiro atoms. The SMILES string of the molecule is CSc1[nH]c2[nH]c(=S)n(C)c(=O)c2c1C(N)=O. The van der Waals surface area contributed by atoms with Crippen molar-refractivity contribution >= 4 is 40.9 Å². The molecule has 0 atom stereocenters.